The molecule has 0 aliphatic carbocycles. The molecule has 0 saturated carbocycles. The Morgan fingerprint density at radius 3 is 2.57 bits per heavy atom. The average Bonchev–Trinajstić information content (AvgIpc) is 3.20. The van der Waals surface area contributed by atoms with Crippen LogP contribution in [0.1, 0.15) is 23.7 Å². The molecule has 152 valence electrons. The maximum absolute atomic E-state index is 12.4. The number of hydrogen-bond donors (Lipinski definition) is 2. The van der Waals surface area contributed by atoms with E-state index in [1.54, 1.807) is 18.2 Å². The highest BCUT2D eigenvalue weighted by Crippen LogP contribution is 2.28. The van der Waals surface area contributed by atoms with Gasteiger partial charge in [0.1, 0.15) is 19.0 Å². The highest BCUT2D eigenvalue weighted by Gasteiger charge is 2.18. The molecule has 0 aromatic heterocycles. The van der Waals surface area contributed by atoms with Gasteiger partial charge < -0.3 is 24.8 Å². The number of nitrogens with one attached hydrogen (secondary N) is 2. The number of carbonyl (C=O) groups is 1. The monoisotopic (exact) mass is 406 g/mol. The van der Waals surface area contributed by atoms with Crippen molar-refractivity contribution in [1.82, 2.24) is 10.6 Å². The summed E-state index contributed by atoms with van der Waals surface area (Å²) in [7, 11) is 0. The van der Waals surface area contributed by atoms with Gasteiger partial charge in [-0.15, -0.1) is 12.4 Å². The van der Waals surface area contributed by atoms with Crippen LogP contribution in [-0.2, 0) is 0 Å². The Hall–Kier alpha value is -2.44. The molecular weight excluding hydrogens is 380 g/mol. The quantitative estimate of drug-likeness (QED) is 0.626. The van der Waals surface area contributed by atoms with Crippen molar-refractivity contribution in [2.45, 2.75) is 19.4 Å². The first-order valence-corrected chi connectivity index (χ1v) is 9.35. The summed E-state index contributed by atoms with van der Waals surface area (Å²) < 4.78 is 17.1. The molecule has 1 unspecified atom stereocenters. The number of rotatable bonds is 9. The number of ether oxygens (including phenoxy) is 3. The van der Waals surface area contributed by atoms with Gasteiger partial charge in [-0.2, -0.15) is 0 Å². The fourth-order valence-corrected chi connectivity index (χ4v) is 2.91. The topological polar surface area (TPSA) is 68.8 Å². The molecule has 1 aliphatic rings. The molecule has 1 amide bonds. The molecule has 2 aromatic carbocycles. The summed E-state index contributed by atoms with van der Waals surface area (Å²) in [4.78, 5) is 12.4. The lowest BCUT2D eigenvalue weighted by Crippen LogP contribution is -2.36. The van der Waals surface area contributed by atoms with Crippen LogP contribution in [-0.4, -0.2) is 44.9 Å². The summed E-state index contributed by atoms with van der Waals surface area (Å²) in [5, 5.41) is 6.28. The van der Waals surface area contributed by atoms with Crippen LogP contribution in [0.5, 0.6) is 17.2 Å². The van der Waals surface area contributed by atoms with Crippen LogP contribution in [0.3, 0.4) is 0 Å². The third kappa shape index (κ3) is 6.32. The summed E-state index contributed by atoms with van der Waals surface area (Å²) in [5.74, 6) is 1.88. The SMILES string of the molecule is CCOc1cc(C(=O)NC2CCNC2)ccc1OCCOc1ccccc1.Cl. The van der Waals surface area contributed by atoms with Crippen molar-refractivity contribution in [2.75, 3.05) is 32.9 Å². The van der Waals surface area contributed by atoms with Gasteiger partial charge in [-0.1, -0.05) is 18.2 Å². The van der Waals surface area contributed by atoms with E-state index in [2.05, 4.69) is 10.6 Å². The predicted molar refractivity (Wildman–Crippen MR) is 111 cm³/mol. The van der Waals surface area contributed by atoms with Gasteiger partial charge in [0.2, 0.25) is 0 Å². The van der Waals surface area contributed by atoms with Gasteiger partial charge in [0.05, 0.1) is 6.61 Å². The Morgan fingerprint density at radius 2 is 1.86 bits per heavy atom. The largest absolute Gasteiger partial charge is 0.490 e. The zero-order chi connectivity index (χ0) is 18.9. The number of amides is 1. The first-order chi connectivity index (χ1) is 13.3. The van der Waals surface area contributed by atoms with Crippen LogP contribution in [0.2, 0.25) is 0 Å². The molecule has 2 aromatic rings. The molecule has 1 heterocycles. The van der Waals surface area contributed by atoms with E-state index in [-0.39, 0.29) is 24.4 Å². The maximum atomic E-state index is 12.4. The Labute approximate surface area is 172 Å². The second-order valence-corrected chi connectivity index (χ2v) is 6.27. The second-order valence-electron chi connectivity index (χ2n) is 6.27. The normalized spacial score (nSPS) is 15.4. The minimum atomic E-state index is -0.0939. The van der Waals surface area contributed by atoms with Crippen LogP contribution in [0.4, 0.5) is 0 Å². The smallest absolute Gasteiger partial charge is 0.251 e. The number of para-hydroxylation sites is 1. The summed E-state index contributed by atoms with van der Waals surface area (Å²) in [5.41, 5.74) is 0.568. The molecule has 1 aliphatic heterocycles. The average molecular weight is 407 g/mol. The van der Waals surface area contributed by atoms with E-state index in [1.807, 2.05) is 37.3 Å². The van der Waals surface area contributed by atoms with Gasteiger partial charge in [0.25, 0.3) is 5.91 Å². The van der Waals surface area contributed by atoms with Gasteiger partial charge >= 0.3 is 0 Å². The molecule has 6 nitrogen and oxygen atoms in total. The van der Waals surface area contributed by atoms with Gasteiger partial charge in [-0.25, -0.2) is 0 Å². The molecule has 1 saturated heterocycles. The Kier molecular flexibility index (Phi) is 8.91. The second kappa shape index (κ2) is 11.4. The van der Waals surface area contributed by atoms with E-state index in [0.717, 1.165) is 25.3 Å². The van der Waals surface area contributed by atoms with Gasteiger partial charge in [0, 0.05) is 18.2 Å². The van der Waals surface area contributed by atoms with Crippen molar-refractivity contribution < 1.29 is 19.0 Å². The standard InChI is InChI=1S/C21H26N2O4.ClH/c1-2-25-20-14-16(21(24)23-17-10-11-22-15-17)8-9-19(20)27-13-12-26-18-6-4-3-5-7-18;/h3-9,14,17,22H,2,10-13,15H2,1H3,(H,23,24);1H. The van der Waals surface area contributed by atoms with E-state index in [0.29, 0.717) is 36.9 Å². The van der Waals surface area contributed by atoms with Gasteiger partial charge in [0.15, 0.2) is 11.5 Å². The number of benzene rings is 2. The lowest BCUT2D eigenvalue weighted by Gasteiger charge is -2.15. The molecule has 28 heavy (non-hydrogen) atoms. The van der Waals surface area contributed by atoms with E-state index < -0.39 is 0 Å². The molecule has 0 radical (unpaired) electrons. The summed E-state index contributed by atoms with van der Waals surface area (Å²) >= 11 is 0. The van der Waals surface area contributed by atoms with E-state index >= 15 is 0 Å². The van der Waals surface area contributed by atoms with Crippen molar-refractivity contribution in [1.29, 1.82) is 0 Å². The van der Waals surface area contributed by atoms with Gasteiger partial charge in [-0.3, -0.25) is 4.79 Å². The molecule has 3 rings (SSSR count). The Bertz CT molecular complexity index is 736. The van der Waals surface area contributed by atoms with Crippen molar-refractivity contribution in [2.24, 2.45) is 0 Å². The van der Waals surface area contributed by atoms with Crippen LogP contribution in [0.15, 0.2) is 48.5 Å². The lowest BCUT2D eigenvalue weighted by molar-refractivity contribution is 0.0939. The summed E-state index contributed by atoms with van der Waals surface area (Å²) in [6, 6.07) is 15.0. The predicted octanol–water partition coefficient (Wildman–Crippen LogP) is 3.06. The van der Waals surface area contributed by atoms with Crippen molar-refractivity contribution in [3.8, 4) is 17.2 Å². The van der Waals surface area contributed by atoms with Gasteiger partial charge in [-0.05, 0) is 50.2 Å². The van der Waals surface area contributed by atoms with E-state index in [4.69, 9.17) is 14.2 Å². The van der Waals surface area contributed by atoms with Crippen molar-refractivity contribution in [3.63, 3.8) is 0 Å². The number of carbonyl (C=O) groups excluding carboxylic acids is 1. The van der Waals surface area contributed by atoms with E-state index in [1.165, 1.54) is 0 Å². The highest BCUT2D eigenvalue weighted by molar-refractivity contribution is 5.95. The number of hydrogen-bond acceptors (Lipinski definition) is 5. The maximum Gasteiger partial charge on any atom is 0.251 e. The third-order valence-electron chi connectivity index (χ3n) is 4.25. The van der Waals surface area contributed by atoms with Crippen LogP contribution < -0.4 is 24.8 Å². The first kappa shape index (κ1) is 21.9. The zero-order valence-corrected chi connectivity index (χ0v) is 16.8. The summed E-state index contributed by atoms with van der Waals surface area (Å²) in [6.07, 6.45) is 0.951. The molecule has 1 fully saturated rings. The molecular formula is C21H27ClN2O4. The van der Waals surface area contributed by atoms with Crippen molar-refractivity contribution in [3.05, 3.63) is 54.1 Å². The minimum Gasteiger partial charge on any atom is -0.490 e. The van der Waals surface area contributed by atoms with Crippen LogP contribution in [0.25, 0.3) is 0 Å². The first-order valence-electron chi connectivity index (χ1n) is 9.35. The molecule has 7 heteroatoms. The Balaban J connectivity index is 0.00000280. The molecule has 0 bridgehead atoms. The lowest BCUT2D eigenvalue weighted by atomic mass is 10.1. The minimum absolute atomic E-state index is 0. The fraction of sp³-hybridized carbons (Fsp3) is 0.381. The summed E-state index contributed by atoms with van der Waals surface area (Å²) in [6.45, 7) is 4.95. The Morgan fingerprint density at radius 1 is 1.07 bits per heavy atom. The van der Waals surface area contributed by atoms with E-state index in [9.17, 15) is 4.79 Å². The fourth-order valence-electron chi connectivity index (χ4n) is 2.91. The zero-order valence-electron chi connectivity index (χ0n) is 16.0. The van der Waals surface area contributed by atoms with Crippen LogP contribution in [0, 0.1) is 0 Å². The molecule has 1 atom stereocenters. The number of halogens is 1. The highest BCUT2D eigenvalue weighted by atomic mass is 35.5. The van der Waals surface area contributed by atoms with Crippen LogP contribution >= 0.6 is 12.4 Å². The third-order valence-corrected chi connectivity index (χ3v) is 4.25. The molecule has 0 spiro atoms. The van der Waals surface area contributed by atoms with Crippen molar-refractivity contribution >= 4 is 18.3 Å². The molecule has 2 N–H and O–H groups in total.